The zero-order chi connectivity index (χ0) is 20.4. The summed E-state index contributed by atoms with van der Waals surface area (Å²) in [5.74, 6) is -2.40. The number of benzene rings is 1. The molecule has 1 fully saturated rings. The predicted molar refractivity (Wildman–Crippen MR) is 99.2 cm³/mol. The molecule has 0 aliphatic carbocycles. The first kappa shape index (κ1) is 21.8. The summed E-state index contributed by atoms with van der Waals surface area (Å²) in [6.07, 6.45) is 0.650. The van der Waals surface area contributed by atoms with Crippen molar-refractivity contribution in [3.63, 3.8) is 0 Å². The maximum absolute atomic E-state index is 12.7. The van der Waals surface area contributed by atoms with Crippen LogP contribution in [0, 0.1) is 5.41 Å². The fourth-order valence-corrected chi connectivity index (χ4v) is 3.30. The number of nitrogens with zero attached hydrogens (tertiary/aromatic N) is 1. The van der Waals surface area contributed by atoms with Crippen LogP contribution in [0.25, 0.3) is 0 Å². The summed E-state index contributed by atoms with van der Waals surface area (Å²) in [7, 11) is 0. The number of esters is 1. The lowest BCUT2D eigenvalue weighted by atomic mass is 9.78. The summed E-state index contributed by atoms with van der Waals surface area (Å²) in [6, 6.07) is 9.58. The van der Waals surface area contributed by atoms with Crippen molar-refractivity contribution in [3.8, 4) is 0 Å². The Morgan fingerprint density at radius 1 is 1.14 bits per heavy atom. The quantitative estimate of drug-likeness (QED) is 0.295. The van der Waals surface area contributed by atoms with Gasteiger partial charge in [0, 0.05) is 13.1 Å². The van der Waals surface area contributed by atoms with Crippen LogP contribution in [0.5, 0.6) is 0 Å². The van der Waals surface area contributed by atoms with E-state index in [-0.39, 0.29) is 18.9 Å². The van der Waals surface area contributed by atoms with Crippen LogP contribution in [0.4, 0.5) is 0 Å². The van der Waals surface area contributed by atoms with E-state index in [0.29, 0.717) is 39.1 Å². The van der Waals surface area contributed by atoms with Crippen molar-refractivity contribution in [1.29, 1.82) is 0 Å². The minimum Gasteiger partial charge on any atom is -0.465 e. The summed E-state index contributed by atoms with van der Waals surface area (Å²) in [5.41, 5.74) is -0.841. The largest absolute Gasteiger partial charge is 0.465 e. The second-order valence-corrected chi connectivity index (χ2v) is 6.69. The molecule has 8 nitrogen and oxygen atoms in total. The number of carbonyl (C=O) groups excluding carboxylic acids is 3. The van der Waals surface area contributed by atoms with Gasteiger partial charge in [-0.25, -0.2) is 4.79 Å². The SMILES string of the molecule is CCOC(=O)C(CCCc1ccccc1)(CC(=O)N1CCOCC1)C(=O)OO. The van der Waals surface area contributed by atoms with Crippen LogP contribution in [0.1, 0.15) is 31.7 Å². The molecule has 154 valence electrons. The van der Waals surface area contributed by atoms with Gasteiger partial charge in [-0.2, -0.15) is 5.26 Å². The molecule has 1 N–H and O–H groups in total. The van der Waals surface area contributed by atoms with Gasteiger partial charge < -0.3 is 14.4 Å². The van der Waals surface area contributed by atoms with E-state index in [9.17, 15) is 14.4 Å². The molecule has 1 atom stereocenters. The lowest BCUT2D eigenvalue weighted by molar-refractivity contribution is -0.247. The molecule has 1 saturated heterocycles. The molecule has 28 heavy (non-hydrogen) atoms. The molecular weight excluding hydrogens is 366 g/mol. The summed E-state index contributed by atoms with van der Waals surface area (Å²) in [4.78, 5) is 43.4. The van der Waals surface area contributed by atoms with Crippen molar-refractivity contribution in [2.24, 2.45) is 5.41 Å². The molecule has 8 heteroatoms. The lowest BCUT2D eigenvalue weighted by Gasteiger charge is -2.32. The number of amides is 1. The van der Waals surface area contributed by atoms with Gasteiger partial charge in [-0.1, -0.05) is 30.3 Å². The van der Waals surface area contributed by atoms with Gasteiger partial charge >= 0.3 is 11.9 Å². The number of hydrogen-bond donors (Lipinski definition) is 1. The molecule has 0 bridgehead atoms. The van der Waals surface area contributed by atoms with Crippen molar-refractivity contribution >= 4 is 17.8 Å². The number of rotatable bonds is 9. The number of hydrogen-bond acceptors (Lipinski definition) is 7. The van der Waals surface area contributed by atoms with Gasteiger partial charge in [0.05, 0.1) is 26.2 Å². The second-order valence-electron chi connectivity index (χ2n) is 6.69. The Kier molecular flexibility index (Phi) is 8.41. The van der Waals surface area contributed by atoms with Crippen LogP contribution in [0.2, 0.25) is 0 Å². The highest BCUT2D eigenvalue weighted by molar-refractivity contribution is 6.03. The molecule has 0 spiro atoms. The molecule has 2 rings (SSSR count). The smallest absolute Gasteiger partial charge is 0.359 e. The minimum atomic E-state index is -1.88. The van der Waals surface area contributed by atoms with Gasteiger partial charge in [-0.05, 0) is 31.7 Å². The first-order chi connectivity index (χ1) is 13.5. The lowest BCUT2D eigenvalue weighted by Crippen LogP contribution is -2.48. The van der Waals surface area contributed by atoms with Gasteiger partial charge in [0.1, 0.15) is 0 Å². The van der Waals surface area contributed by atoms with Crippen LogP contribution in [0.3, 0.4) is 0 Å². The molecule has 1 aromatic rings. The van der Waals surface area contributed by atoms with Crippen LogP contribution < -0.4 is 0 Å². The monoisotopic (exact) mass is 393 g/mol. The summed E-state index contributed by atoms with van der Waals surface area (Å²) in [6.45, 7) is 3.23. The van der Waals surface area contributed by atoms with Gasteiger partial charge in [0.2, 0.25) is 5.91 Å². The molecule has 1 aromatic carbocycles. The van der Waals surface area contributed by atoms with Gasteiger partial charge in [0.15, 0.2) is 5.41 Å². The van der Waals surface area contributed by atoms with Gasteiger partial charge in [-0.3, -0.25) is 14.5 Å². The van der Waals surface area contributed by atoms with E-state index in [1.54, 1.807) is 11.8 Å². The van der Waals surface area contributed by atoms with Gasteiger partial charge in [0.25, 0.3) is 0 Å². The average Bonchev–Trinajstić information content (AvgIpc) is 2.73. The maximum Gasteiger partial charge on any atom is 0.359 e. The highest BCUT2D eigenvalue weighted by Crippen LogP contribution is 2.33. The molecule has 0 aromatic heterocycles. The molecule has 1 heterocycles. The Morgan fingerprint density at radius 2 is 1.82 bits per heavy atom. The van der Waals surface area contributed by atoms with Crippen LogP contribution in [0.15, 0.2) is 30.3 Å². The predicted octanol–water partition coefficient (Wildman–Crippen LogP) is 1.82. The van der Waals surface area contributed by atoms with E-state index >= 15 is 0 Å². The number of aryl methyl sites for hydroxylation is 1. The maximum atomic E-state index is 12.7. The normalized spacial score (nSPS) is 16.1. The topological polar surface area (TPSA) is 102 Å². The Morgan fingerprint density at radius 3 is 2.43 bits per heavy atom. The van der Waals surface area contributed by atoms with Crippen LogP contribution >= 0.6 is 0 Å². The number of ether oxygens (including phenoxy) is 2. The Hall–Kier alpha value is -2.45. The molecule has 0 saturated carbocycles. The van der Waals surface area contributed by atoms with E-state index in [1.165, 1.54) is 0 Å². The number of carbonyl (C=O) groups is 3. The Labute approximate surface area is 164 Å². The van der Waals surface area contributed by atoms with E-state index in [2.05, 4.69) is 4.89 Å². The van der Waals surface area contributed by atoms with E-state index in [1.807, 2.05) is 30.3 Å². The molecule has 0 radical (unpaired) electrons. The minimum absolute atomic E-state index is 0.0240. The molecule has 1 unspecified atom stereocenters. The Bertz CT molecular complexity index is 658. The Balaban J connectivity index is 2.18. The summed E-state index contributed by atoms with van der Waals surface area (Å²) < 4.78 is 10.3. The third-order valence-corrected chi connectivity index (χ3v) is 4.87. The zero-order valence-electron chi connectivity index (χ0n) is 16.1. The molecule has 1 aliphatic heterocycles. The second kappa shape index (κ2) is 10.8. The zero-order valence-corrected chi connectivity index (χ0v) is 16.1. The summed E-state index contributed by atoms with van der Waals surface area (Å²) >= 11 is 0. The van der Waals surface area contributed by atoms with Crippen molar-refractivity contribution in [2.45, 2.75) is 32.6 Å². The fraction of sp³-hybridized carbons (Fsp3) is 0.550. The van der Waals surface area contributed by atoms with Crippen molar-refractivity contribution in [2.75, 3.05) is 32.9 Å². The fourth-order valence-electron chi connectivity index (χ4n) is 3.30. The molecular formula is C20H27NO7. The van der Waals surface area contributed by atoms with Gasteiger partial charge in [-0.15, -0.1) is 0 Å². The first-order valence-electron chi connectivity index (χ1n) is 9.46. The first-order valence-corrected chi connectivity index (χ1v) is 9.46. The van der Waals surface area contributed by atoms with Crippen molar-refractivity contribution in [1.82, 2.24) is 4.90 Å². The van der Waals surface area contributed by atoms with E-state index < -0.39 is 23.8 Å². The average molecular weight is 393 g/mol. The summed E-state index contributed by atoms with van der Waals surface area (Å²) in [5, 5.41) is 9.02. The third-order valence-electron chi connectivity index (χ3n) is 4.87. The third kappa shape index (κ3) is 5.53. The van der Waals surface area contributed by atoms with Crippen LogP contribution in [-0.2, 0) is 35.2 Å². The van der Waals surface area contributed by atoms with E-state index in [0.717, 1.165) is 5.56 Å². The van der Waals surface area contributed by atoms with Crippen molar-refractivity contribution in [3.05, 3.63) is 35.9 Å². The highest BCUT2D eigenvalue weighted by Gasteiger charge is 2.51. The molecule has 1 amide bonds. The molecule has 1 aliphatic rings. The van der Waals surface area contributed by atoms with Crippen LogP contribution in [-0.4, -0.2) is 60.9 Å². The van der Waals surface area contributed by atoms with E-state index in [4.69, 9.17) is 14.7 Å². The standard InChI is InChI=1S/C20H27NO7/c1-2-27-18(23)20(19(24)28-25,10-6-9-16-7-4-3-5-8-16)15-17(22)21-11-13-26-14-12-21/h3-5,7-8,25H,2,6,9-15H2,1H3. The van der Waals surface area contributed by atoms with Crippen molar-refractivity contribution < 1.29 is 34.0 Å². The highest BCUT2D eigenvalue weighted by atomic mass is 17.1. The number of morpholine rings is 1.